The van der Waals surface area contributed by atoms with Crippen LogP contribution in [0.2, 0.25) is 5.02 Å². The molecular weight excluding hydrogens is 631 g/mol. The van der Waals surface area contributed by atoms with Gasteiger partial charge < -0.3 is 20.4 Å². The zero-order valence-electron chi connectivity index (χ0n) is 26.9. The number of hydrogen-bond donors (Lipinski definition) is 2. The van der Waals surface area contributed by atoms with Gasteiger partial charge in [-0.2, -0.15) is 0 Å². The van der Waals surface area contributed by atoms with Crippen LogP contribution in [-0.2, 0) is 0 Å². The number of aliphatic imine (C=N–C) groups is 2. The van der Waals surface area contributed by atoms with Crippen LogP contribution in [0, 0.1) is 0 Å². The van der Waals surface area contributed by atoms with E-state index in [1.165, 1.54) is 6.07 Å². The van der Waals surface area contributed by atoms with Crippen molar-refractivity contribution in [1.29, 1.82) is 0 Å². The van der Waals surface area contributed by atoms with E-state index in [1.54, 1.807) is 12.1 Å². The summed E-state index contributed by atoms with van der Waals surface area (Å²) in [7, 11) is 0. The number of halogens is 3. The zero-order valence-corrected chi connectivity index (χ0v) is 29.3. The molecule has 0 spiro atoms. The molecular formula is C34H45Cl3N6O2. The van der Waals surface area contributed by atoms with E-state index in [1.807, 2.05) is 62.4 Å². The molecule has 45 heavy (non-hydrogen) atoms. The summed E-state index contributed by atoms with van der Waals surface area (Å²) in [6.45, 7) is 17.3. The number of nitrogens with one attached hydrogen (secondary N) is 2. The van der Waals surface area contributed by atoms with Crippen molar-refractivity contribution in [3.05, 3.63) is 94.0 Å². The number of carbonyl (C=O) groups is 2. The third-order valence-electron chi connectivity index (χ3n) is 7.02. The molecule has 3 rings (SSSR count). The summed E-state index contributed by atoms with van der Waals surface area (Å²) in [6, 6.07) is 19.9. The van der Waals surface area contributed by atoms with Crippen molar-refractivity contribution >= 4 is 71.3 Å². The average Bonchev–Trinajstić information content (AvgIpc) is 3.02. The second kappa shape index (κ2) is 19.7. The standard InChI is InChI=1S/C34H43ClN6O2.2ClH/c1-7-36-31(40(9-3)10-4)24-13-18-27(19-14-24)38-33(42)26-17-22-29(30(35)23-26)34(43)39-28-20-15-25(16-21-28)32(37-8-2)41(11-5)12-6;;/h13-23H,7-12H2,1-6H3,(H,38,42)(H,39,43);2*1H. The zero-order chi connectivity index (χ0) is 31.4. The Kier molecular flexibility index (Phi) is 17.3. The van der Waals surface area contributed by atoms with Crippen molar-refractivity contribution in [3.63, 3.8) is 0 Å². The van der Waals surface area contributed by atoms with Crippen LogP contribution < -0.4 is 10.6 Å². The van der Waals surface area contributed by atoms with E-state index in [-0.39, 0.29) is 47.2 Å². The minimum absolute atomic E-state index is 0. The fourth-order valence-corrected chi connectivity index (χ4v) is 5.01. The number of carbonyl (C=O) groups excluding carboxylic acids is 2. The van der Waals surface area contributed by atoms with Gasteiger partial charge in [0.05, 0.1) is 10.6 Å². The molecule has 0 fully saturated rings. The molecule has 0 aromatic heterocycles. The Bertz CT molecular complexity index is 1440. The van der Waals surface area contributed by atoms with Gasteiger partial charge in [-0.3, -0.25) is 19.6 Å². The topological polar surface area (TPSA) is 89.4 Å². The molecule has 0 aliphatic rings. The van der Waals surface area contributed by atoms with E-state index in [0.717, 1.165) is 49.0 Å². The summed E-state index contributed by atoms with van der Waals surface area (Å²) < 4.78 is 0. The lowest BCUT2D eigenvalue weighted by Gasteiger charge is -2.23. The first kappa shape index (κ1) is 39.4. The normalized spacial score (nSPS) is 11.2. The highest BCUT2D eigenvalue weighted by Gasteiger charge is 2.16. The van der Waals surface area contributed by atoms with E-state index >= 15 is 0 Å². The second-order valence-corrected chi connectivity index (χ2v) is 10.1. The highest BCUT2D eigenvalue weighted by molar-refractivity contribution is 6.35. The van der Waals surface area contributed by atoms with Crippen molar-refractivity contribution < 1.29 is 9.59 Å². The molecule has 0 saturated carbocycles. The second-order valence-electron chi connectivity index (χ2n) is 9.70. The van der Waals surface area contributed by atoms with E-state index in [9.17, 15) is 9.59 Å². The van der Waals surface area contributed by atoms with Gasteiger partial charge in [-0.05, 0) is 108 Å². The van der Waals surface area contributed by atoms with Crippen molar-refractivity contribution in [2.75, 3.05) is 49.9 Å². The molecule has 3 aromatic rings. The summed E-state index contributed by atoms with van der Waals surface area (Å²) in [6.07, 6.45) is 0. The van der Waals surface area contributed by atoms with Gasteiger partial charge in [-0.15, -0.1) is 24.8 Å². The summed E-state index contributed by atoms with van der Waals surface area (Å²) in [5, 5.41) is 5.99. The predicted molar refractivity (Wildman–Crippen MR) is 195 cm³/mol. The van der Waals surface area contributed by atoms with Gasteiger partial charge in [0.15, 0.2) is 0 Å². The first-order valence-corrected chi connectivity index (χ1v) is 15.4. The number of rotatable bonds is 12. The predicted octanol–water partition coefficient (Wildman–Crippen LogP) is 7.90. The fraction of sp³-hybridized carbons (Fsp3) is 0.353. The third-order valence-corrected chi connectivity index (χ3v) is 7.33. The van der Waals surface area contributed by atoms with Gasteiger partial charge >= 0.3 is 0 Å². The first-order chi connectivity index (χ1) is 20.8. The van der Waals surface area contributed by atoms with Crippen LogP contribution in [0.1, 0.15) is 73.4 Å². The van der Waals surface area contributed by atoms with Crippen LogP contribution in [0.4, 0.5) is 11.4 Å². The molecule has 0 aliphatic heterocycles. The smallest absolute Gasteiger partial charge is 0.257 e. The molecule has 2 N–H and O–H groups in total. The highest BCUT2D eigenvalue weighted by Crippen LogP contribution is 2.22. The van der Waals surface area contributed by atoms with Crippen LogP contribution in [0.25, 0.3) is 0 Å². The van der Waals surface area contributed by atoms with Crippen LogP contribution in [0.5, 0.6) is 0 Å². The van der Waals surface area contributed by atoms with Crippen molar-refractivity contribution in [3.8, 4) is 0 Å². The Balaban J connectivity index is 0.00000506. The Morgan fingerprint density at radius 2 is 0.978 bits per heavy atom. The molecule has 3 aromatic carbocycles. The quantitative estimate of drug-likeness (QED) is 0.151. The van der Waals surface area contributed by atoms with Crippen molar-refractivity contribution in [2.45, 2.75) is 41.5 Å². The number of amides is 2. The number of benzene rings is 3. The molecule has 0 radical (unpaired) electrons. The summed E-state index contributed by atoms with van der Waals surface area (Å²) in [5.74, 6) is 1.20. The molecule has 244 valence electrons. The summed E-state index contributed by atoms with van der Waals surface area (Å²) in [5.41, 5.74) is 3.91. The molecule has 0 saturated heterocycles. The van der Waals surface area contributed by atoms with Gasteiger partial charge in [0.2, 0.25) is 0 Å². The number of hydrogen-bond acceptors (Lipinski definition) is 4. The molecule has 0 bridgehead atoms. The molecule has 8 nitrogen and oxygen atoms in total. The lowest BCUT2D eigenvalue weighted by molar-refractivity contribution is 0.101. The minimum atomic E-state index is -0.357. The number of anilines is 2. The number of nitrogens with zero attached hydrogens (tertiary/aromatic N) is 4. The maximum atomic E-state index is 13.0. The molecule has 11 heteroatoms. The monoisotopic (exact) mass is 674 g/mol. The molecule has 2 amide bonds. The van der Waals surface area contributed by atoms with Crippen LogP contribution in [0.3, 0.4) is 0 Å². The molecule has 0 unspecified atom stereocenters. The number of amidine groups is 2. The van der Waals surface area contributed by atoms with Gasteiger partial charge in [-0.25, -0.2) is 0 Å². The van der Waals surface area contributed by atoms with Gasteiger partial charge in [-0.1, -0.05) is 11.6 Å². The highest BCUT2D eigenvalue weighted by atomic mass is 35.5. The van der Waals surface area contributed by atoms with Crippen molar-refractivity contribution in [1.82, 2.24) is 9.80 Å². The van der Waals surface area contributed by atoms with E-state index in [2.05, 4.69) is 58.1 Å². The Morgan fingerprint density at radius 3 is 1.33 bits per heavy atom. The van der Waals surface area contributed by atoms with Crippen LogP contribution in [-0.4, -0.2) is 72.6 Å². The Labute approximate surface area is 285 Å². The van der Waals surface area contributed by atoms with E-state index < -0.39 is 0 Å². The summed E-state index contributed by atoms with van der Waals surface area (Å²) in [4.78, 5) is 39.7. The third kappa shape index (κ3) is 10.5. The lowest BCUT2D eigenvalue weighted by Crippen LogP contribution is -2.31. The van der Waals surface area contributed by atoms with Crippen LogP contribution in [0.15, 0.2) is 76.7 Å². The Morgan fingerprint density at radius 1 is 0.600 bits per heavy atom. The largest absolute Gasteiger partial charge is 0.357 e. The lowest BCUT2D eigenvalue weighted by atomic mass is 10.1. The average molecular weight is 676 g/mol. The molecule has 0 aliphatic carbocycles. The fourth-order valence-electron chi connectivity index (χ4n) is 4.74. The minimum Gasteiger partial charge on any atom is -0.357 e. The van der Waals surface area contributed by atoms with Crippen LogP contribution >= 0.6 is 36.4 Å². The Hall–Kier alpha value is -3.59. The van der Waals surface area contributed by atoms with Gasteiger partial charge in [0, 0.05) is 67.3 Å². The van der Waals surface area contributed by atoms with Gasteiger partial charge in [0.1, 0.15) is 11.7 Å². The van der Waals surface area contributed by atoms with Crippen molar-refractivity contribution in [2.24, 2.45) is 9.98 Å². The summed E-state index contributed by atoms with van der Waals surface area (Å²) >= 11 is 6.47. The molecule has 0 heterocycles. The first-order valence-electron chi connectivity index (χ1n) is 15.0. The van der Waals surface area contributed by atoms with E-state index in [4.69, 9.17) is 11.6 Å². The maximum absolute atomic E-state index is 13.0. The SMILES string of the molecule is CCN=C(c1ccc(NC(=O)c2ccc(C(=O)Nc3ccc(C(=NCC)N(CC)CC)cc3)c(Cl)c2)cc1)N(CC)CC.Cl.Cl. The molecule has 0 atom stereocenters. The van der Waals surface area contributed by atoms with E-state index in [0.29, 0.717) is 30.0 Å². The van der Waals surface area contributed by atoms with Gasteiger partial charge in [0.25, 0.3) is 11.8 Å². The maximum Gasteiger partial charge on any atom is 0.257 e.